The van der Waals surface area contributed by atoms with E-state index in [9.17, 15) is 14.0 Å². The maximum Gasteiger partial charge on any atom is 0.254 e. The van der Waals surface area contributed by atoms with Crippen molar-refractivity contribution >= 4 is 11.7 Å². The first-order valence-corrected chi connectivity index (χ1v) is 10.3. The molecule has 0 saturated carbocycles. The number of ether oxygens (including phenoxy) is 2. The summed E-state index contributed by atoms with van der Waals surface area (Å²) in [6.07, 6.45) is 0.675. The topological polar surface area (TPSA) is 55.8 Å². The minimum Gasteiger partial charge on any atom is -0.493 e. The van der Waals surface area contributed by atoms with Crippen LogP contribution in [0.15, 0.2) is 42.5 Å². The van der Waals surface area contributed by atoms with Gasteiger partial charge in [0.05, 0.1) is 14.2 Å². The number of ketones is 1. The molecule has 0 aromatic heterocycles. The second kappa shape index (κ2) is 8.46. The molecule has 4 rings (SSSR count). The second-order valence-electron chi connectivity index (χ2n) is 8.01. The highest BCUT2D eigenvalue weighted by molar-refractivity contribution is 6.03. The van der Waals surface area contributed by atoms with E-state index < -0.39 is 6.17 Å². The molecule has 158 valence electrons. The summed E-state index contributed by atoms with van der Waals surface area (Å²) in [5, 5.41) is 0. The number of likely N-dealkylation sites (tertiary alicyclic amines) is 1. The van der Waals surface area contributed by atoms with Crippen LogP contribution < -0.4 is 9.47 Å². The lowest BCUT2D eigenvalue weighted by Crippen LogP contribution is -2.48. The zero-order valence-electron chi connectivity index (χ0n) is 17.3. The van der Waals surface area contributed by atoms with Crippen molar-refractivity contribution in [2.45, 2.75) is 37.9 Å². The number of amides is 1. The minimum absolute atomic E-state index is 0.0269. The molecule has 5 nitrogen and oxygen atoms in total. The summed E-state index contributed by atoms with van der Waals surface area (Å²) >= 11 is 0. The number of piperidine rings is 1. The van der Waals surface area contributed by atoms with Gasteiger partial charge in [-0.3, -0.25) is 9.59 Å². The number of Topliss-reactive ketones (excluding diaryl/α,β-unsaturated/α-hetero) is 1. The minimum atomic E-state index is -0.950. The number of methoxy groups -OCH3 is 2. The van der Waals surface area contributed by atoms with Gasteiger partial charge in [-0.25, -0.2) is 4.39 Å². The maximum atomic E-state index is 14.2. The first-order valence-electron chi connectivity index (χ1n) is 10.3. The fraction of sp³-hybridized carbons (Fsp3) is 0.417. The summed E-state index contributed by atoms with van der Waals surface area (Å²) in [6, 6.07) is 12.3. The van der Waals surface area contributed by atoms with Crippen LogP contribution in [-0.2, 0) is 6.42 Å². The van der Waals surface area contributed by atoms with Gasteiger partial charge in [-0.05, 0) is 55.5 Å². The largest absolute Gasteiger partial charge is 0.493 e. The van der Waals surface area contributed by atoms with E-state index in [1.54, 1.807) is 30.2 Å². The first-order chi connectivity index (χ1) is 14.5. The van der Waals surface area contributed by atoms with Crippen molar-refractivity contribution < 1.29 is 23.5 Å². The summed E-state index contributed by atoms with van der Waals surface area (Å²) < 4.78 is 24.9. The number of rotatable bonds is 5. The lowest BCUT2D eigenvalue weighted by Gasteiger charge is -2.38. The lowest BCUT2D eigenvalue weighted by atomic mass is 9.89. The van der Waals surface area contributed by atoms with Crippen LogP contribution in [0.5, 0.6) is 11.5 Å². The number of hydrogen-bond acceptors (Lipinski definition) is 4. The quantitative estimate of drug-likeness (QED) is 0.744. The van der Waals surface area contributed by atoms with Crippen molar-refractivity contribution in [2.24, 2.45) is 5.92 Å². The van der Waals surface area contributed by atoms with Crippen molar-refractivity contribution in [1.29, 1.82) is 0 Å². The van der Waals surface area contributed by atoms with Gasteiger partial charge in [0, 0.05) is 29.6 Å². The number of benzene rings is 2. The third-order valence-electron chi connectivity index (χ3n) is 6.20. The van der Waals surface area contributed by atoms with E-state index in [1.165, 1.54) is 7.11 Å². The zero-order valence-corrected chi connectivity index (χ0v) is 17.3. The number of halogens is 1. The first kappa shape index (κ1) is 20.4. The van der Waals surface area contributed by atoms with Gasteiger partial charge in [-0.2, -0.15) is 0 Å². The summed E-state index contributed by atoms with van der Waals surface area (Å²) in [4.78, 5) is 27.9. The van der Waals surface area contributed by atoms with Gasteiger partial charge in [0.1, 0.15) is 6.17 Å². The van der Waals surface area contributed by atoms with Gasteiger partial charge in [-0.15, -0.1) is 0 Å². The summed E-state index contributed by atoms with van der Waals surface area (Å²) in [5.74, 6) is 0.760. The number of alkyl halides is 1. The highest BCUT2D eigenvalue weighted by Gasteiger charge is 2.38. The highest BCUT2D eigenvalue weighted by Crippen LogP contribution is 2.39. The molecule has 2 aromatic carbocycles. The molecule has 1 aliphatic heterocycles. The van der Waals surface area contributed by atoms with Crippen molar-refractivity contribution in [3.63, 3.8) is 0 Å². The Balaban J connectivity index is 1.55. The molecule has 0 bridgehead atoms. The van der Waals surface area contributed by atoms with E-state index in [0.717, 1.165) is 5.56 Å². The number of carbonyl (C=O) groups is 2. The Morgan fingerprint density at radius 3 is 2.53 bits per heavy atom. The molecule has 1 amide bonds. The number of carbonyl (C=O) groups excluding carboxylic acids is 2. The summed E-state index contributed by atoms with van der Waals surface area (Å²) in [6.45, 7) is 0.370. The van der Waals surface area contributed by atoms with E-state index in [0.29, 0.717) is 48.4 Å². The molecular weight excluding hydrogens is 385 g/mol. The third kappa shape index (κ3) is 3.78. The number of nitrogens with zero attached hydrogens (tertiary/aromatic N) is 1. The Kier molecular flexibility index (Phi) is 5.75. The van der Waals surface area contributed by atoms with Gasteiger partial charge < -0.3 is 14.4 Å². The van der Waals surface area contributed by atoms with E-state index in [-0.39, 0.29) is 30.1 Å². The Morgan fingerprint density at radius 2 is 1.83 bits per heavy atom. The number of fused-ring (bicyclic) bond motifs is 1. The predicted octanol–water partition coefficient (Wildman–Crippen LogP) is 4.09. The summed E-state index contributed by atoms with van der Waals surface area (Å²) in [5.41, 5.74) is 2.14. The van der Waals surface area contributed by atoms with Crippen LogP contribution in [0.4, 0.5) is 4.39 Å². The van der Waals surface area contributed by atoms with Gasteiger partial charge in [0.2, 0.25) is 0 Å². The Morgan fingerprint density at radius 1 is 1.13 bits per heavy atom. The van der Waals surface area contributed by atoms with Crippen molar-refractivity contribution in [3.8, 4) is 11.5 Å². The second-order valence-corrected chi connectivity index (χ2v) is 8.01. The van der Waals surface area contributed by atoms with Crippen LogP contribution in [0, 0.1) is 5.92 Å². The normalized spacial score (nSPS) is 23.2. The smallest absolute Gasteiger partial charge is 0.254 e. The van der Waals surface area contributed by atoms with Crippen LogP contribution in [0.3, 0.4) is 0 Å². The monoisotopic (exact) mass is 411 g/mol. The van der Waals surface area contributed by atoms with E-state index in [4.69, 9.17) is 9.47 Å². The van der Waals surface area contributed by atoms with Crippen LogP contribution in [-0.4, -0.2) is 49.6 Å². The molecular formula is C24H26FNO4. The average Bonchev–Trinajstić information content (AvgIpc) is 3.07. The molecule has 1 aliphatic carbocycles. The third-order valence-corrected chi connectivity index (χ3v) is 6.20. The van der Waals surface area contributed by atoms with Crippen molar-refractivity contribution in [2.75, 3.05) is 20.8 Å². The molecule has 0 spiro atoms. The van der Waals surface area contributed by atoms with Crippen LogP contribution in [0.25, 0.3) is 0 Å². The number of hydrogen-bond donors (Lipinski definition) is 0. The van der Waals surface area contributed by atoms with E-state index in [2.05, 4.69) is 0 Å². The predicted molar refractivity (Wildman–Crippen MR) is 111 cm³/mol. The van der Waals surface area contributed by atoms with Crippen molar-refractivity contribution in [3.05, 3.63) is 59.2 Å². The molecule has 0 N–H and O–H groups in total. The lowest BCUT2D eigenvalue weighted by molar-refractivity contribution is 0.0447. The standard InChI is InChI=1S/C24H26FNO4/c1-29-21-12-16-10-17(23(27)20(16)14-22(21)30-2)11-19-13-18(25)8-9-26(19)24(28)15-6-4-3-5-7-15/h3-7,12,14,17-19H,8-11,13H2,1-2H3. The Labute approximate surface area is 175 Å². The Hall–Kier alpha value is -2.89. The molecule has 1 heterocycles. The molecule has 1 fully saturated rings. The molecule has 2 aliphatic rings. The molecule has 30 heavy (non-hydrogen) atoms. The molecule has 3 atom stereocenters. The van der Waals surface area contributed by atoms with Crippen molar-refractivity contribution in [1.82, 2.24) is 4.90 Å². The van der Waals surface area contributed by atoms with Crippen LogP contribution >= 0.6 is 0 Å². The molecule has 6 heteroatoms. The average molecular weight is 411 g/mol. The van der Waals surface area contributed by atoms with E-state index in [1.807, 2.05) is 24.3 Å². The fourth-order valence-electron chi connectivity index (χ4n) is 4.66. The maximum absolute atomic E-state index is 14.2. The van der Waals surface area contributed by atoms with Gasteiger partial charge in [0.15, 0.2) is 17.3 Å². The summed E-state index contributed by atoms with van der Waals surface area (Å²) in [7, 11) is 3.10. The molecule has 0 radical (unpaired) electrons. The SMILES string of the molecule is COc1cc2c(cc1OC)C(=O)C(CC1CC(F)CCN1C(=O)c1ccccc1)C2. The molecule has 3 unspecified atom stereocenters. The Bertz CT molecular complexity index is 946. The van der Waals surface area contributed by atoms with Crippen LogP contribution in [0.1, 0.15) is 45.5 Å². The van der Waals surface area contributed by atoms with Gasteiger partial charge in [0.25, 0.3) is 5.91 Å². The van der Waals surface area contributed by atoms with Crippen LogP contribution in [0.2, 0.25) is 0 Å². The highest BCUT2D eigenvalue weighted by atomic mass is 19.1. The van der Waals surface area contributed by atoms with Gasteiger partial charge >= 0.3 is 0 Å². The van der Waals surface area contributed by atoms with Gasteiger partial charge in [-0.1, -0.05) is 18.2 Å². The zero-order chi connectivity index (χ0) is 21.3. The molecule has 1 saturated heterocycles. The molecule has 2 aromatic rings. The fourth-order valence-corrected chi connectivity index (χ4v) is 4.66. The van der Waals surface area contributed by atoms with E-state index >= 15 is 0 Å².